The van der Waals surface area contributed by atoms with Gasteiger partial charge in [-0.2, -0.15) is 0 Å². The maximum absolute atomic E-state index is 2.52. The van der Waals surface area contributed by atoms with Crippen LogP contribution in [0.2, 0.25) is 0 Å². The van der Waals surface area contributed by atoms with Crippen molar-refractivity contribution in [3.63, 3.8) is 0 Å². The van der Waals surface area contributed by atoms with Gasteiger partial charge in [0.1, 0.15) is 0 Å². The molecule has 2 aromatic carbocycles. The number of hydrogen-bond donors (Lipinski definition) is 0. The lowest BCUT2D eigenvalue weighted by Gasteiger charge is -2.16. The summed E-state index contributed by atoms with van der Waals surface area (Å²) in [7, 11) is 0. The summed E-state index contributed by atoms with van der Waals surface area (Å²) in [5, 5.41) is 2.78. The van der Waals surface area contributed by atoms with Gasteiger partial charge < -0.3 is 4.57 Å². The largest absolute Gasteiger partial charge is 0.337 e. The molecule has 0 aliphatic heterocycles. The van der Waals surface area contributed by atoms with E-state index in [4.69, 9.17) is 0 Å². The molecule has 1 heteroatoms. The van der Waals surface area contributed by atoms with Crippen LogP contribution in [0.15, 0.2) is 24.3 Å². The van der Waals surface area contributed by atoms with Gasteiger partial charge in [-0.1, -0.05) is 24.3 Å². The van der Waals surface area contributed by atoms with Crippen LogP contribution in [0.5, 0.6) is 0 Å². The second-order valence-corrected chi connectivity index (χ2v) is 6.27. The summed E-state index contributed by atoms with van der Waals surface area (Å²) in [6, 6.07) is 9.53. The van der Waals surface area contributed by atoms with Gasteiger partial charge >= 0.3 is 0 Å². The lowest BCUT2D eigenvalue weighted by molar-refractivity contribution is 0.640. The third kappa shape index (κ3) is 1.62. The monoisotopic (exact) mass is 265 g/mol. The number of rotatable bonds is 1. The molecule has 0 saturated carbocycles. The maximum Gasteiger partial charge on any atom is 0.0526 e. The Hall–Kier alpha value is -1.76. The van der Waals surface area contributed by atoms with Crippen LogP contribution in [-0.2, 0) is 0 Å². The van der Waals surface area contributed by atoms with Gasteiger partial charge in [-0.3, -0.25) is 0 Å². The minimum absolute atomic E-state index is 0.469. The second-order valence-electron chi connectivity index (χ2n) is 6.27. The second kappa shape index (κ2) is 4.37. The van der Waals surface area contributed by atoms with E-state index >= 15 is 0 Å². The van der Waals surface area contributed by atoms with Crippen LogP contribution >= 0.6 is 0 Å². The summed E-state index contributed by atoms with van der Waals surface area (Å²) < 4.78 is 2.52. The van der Waals surface area contributed by atoms with Crippen LogP contribution in [0.25, 0.3) is 21.8 Å². The summed E-state index contributed by atoms with van der Waals surface area (Å²) in [5.41, 5.74) is 8.37. The molecule has 0 spiro atoms. The highest BCUT2D eigenvalue weighted by Gasteiger charge is 2.17. The number of nitrogens with zero attached hydrogens (tertiary/aromatic N) is 1. The number of aromatic nitrogens is 1. The molecule has 0 fully saturated rings. The number of hydrogen-bond acceptors (Lipinski definition) is 0. The van der Waals surface area contributed by atoms with Gasteiger partial charge in [-0.05, 0) is 63.8 Å². The number of fused-ring (bicyclic) bond motifs is 3. The van der Waals surface area contributed by atoms with E-state index in [9.17, 15) is 0 Å². The van der Waals surface area contributed by atoms with Gasteiger partial charge in [0.15, 0.2) is 0 Å². The van der Waals surface area contributed by atoms with Gasteiger partial charge in [0.2, 0.25) is 0 Å². The van der Waals surface area contributed by atoms with Gasteiger partial charge in [-0.15, -0.1) is 0 Å². The molecule has 0 saturated heterocycles. The zero-order chi connectivity index (χ0) is 14.6. The molecular formula is C19H23N. The van der Waals surface area contributed by atoms with Crippen molar-refractivity contribution in [3.05, 3.63) is 46.5 Å². The van der Waals surface area contributed by atoms with E-state index in [0.717, 1.165) is 0 Å². The van der Waals surface area contributed by atoms with Crippen LogP contribution in [0.3, 0.4) is 0 Å². The van der Waals surface area contributed by atoms with E-state index in [0.29, 0.717) is 6.04 Å². The van der Waals surface area contributed by atoms with E-state index in [1.807, 2.05) is 0 Å². The molecule has 3 aromatic rings. The van der Waals surface area contributed by atoms with Crippen molar-refractivity contribution < 1.29 is 0 Å². The molecule has 1 nitrogen and oxygen atoms in total. The zero-order valence-electron chi connectivity index (χ0n) is 13.3. The minimum atomic E-state index is 0.469. The Morgan fingerprint density at radius 1 is 0.700 bits per heavy atom. The first-order chi connectivity index (χ1) is 9.43. The Labute approximate surface area is 121 Å². The third-order valence-corrected chi connectivity index (χ3v) is 4.69. The molecule has 104 valence electrons. The number of benzene rings is 2. The highest BCUT2D eigenvalue weighted by atomic mass is 15.0. The van der Waals surface area contributed by atoms with Gasteiger partial charge in [0.25, 0.3) is 0 Å². The fraction of sp³-hybridized carbons (Fsp3) is 0.368. The van der Waals surface area contributed by atoms with Crippen LogP contribution in [-0.4, -0.2) is 4.57 Å². The van der Waals surface area contributed by atoms with Crippen molar-refractivity contribution in [2.75, 3.05) is 0 Å². The van der Waals surface area contributed by atoms with Gasteiger partial charge in [0.05, 0.1) is 11.0 Å². The van der Waals surface area contributed by atoms with Crippen molar-refractivity contribution in [1.29, 1.82) is 0 Å². The molecule has 1 heterocycles. The molecular weight excluding hydrogens is 242 g/mol. The fourth-order valence-electron chi connectivity index (χ4n) is 3.29. The zero-order valence-corrected chi connectivity index (χ0v) is 13.3. The van der Waals surface area contributed by atoms with Crippen molar-refractivity contribution >= 4 is 21.8 Å². The van der Waals surface area contributed by atoms with Crippen LogP contribution in [0.4, 0.5) is 0 Å². The molecule has 0 aliphatic carbocycles. The average Bonchev–Trinajstić information content (AvgIpc) is 2.74. The molecule has 0 N–H and O–H groups in total. The predicted molar refractivity (Wildman–Crippen MR) is 88.8 cm³/mol. The standard InChI is InChI=1S/C19H23N/c1-11(2)20-18-14(5)12(3)7-9-16(18)17-10-8-13(4)15(6)19(17)20/h7-11H,1-6H3. The lowest BCUT2D eigenvalue weighted by Crippen LogP contribution is -2.03. The van der Waals surface area contributed by atoms with E-state index in [1.54, 1.807) is 0 Å². The Balaban J connectivity index is 2.67. The van der Waals surface area contributed by atoms with Crippen molar-refractivity contribution in [2.24, 2.45) is 0 Å². The highest BCUT2D eigenvalue weighted by molar-refractivity contribution is 6.10. The van der Waals surface area contributed by atoms with Crippen molar-refractivity contribution in [2.45, 2.75) is 47.6 Å². The maximum atomic E-state index is 2.52. The SMILES string of the molecule is Cc1ccc2c3ccc(C)c(C)c3n(C(C)C)c2c1C. The summed E-state index contributed by atoms with van der Waals surface area (Å²) in [4.78, 5) is 0. The van der Waals surface area contributed by atoms with Gasteiger partial charge in [-0.25, -0.2) is 0 Å². The molecule has 3 rings (SSSR count). The van der Waals surface area contributed by atoms with E-state index in [2.05, 4.69) is 70.4 Å². The first-order valence-corrected chi connectivity index (χ1v) is 7.43. The quantitative estimate of drug-likeness (QED) is 0.539. The molecule has 0 atom stereocenters. The van der Waals surface area contributed by atoms with Crippen LogP contribution in [0.1, 0.15) is 42.1 Å². The Morgan fingerprint density at radius 2 is 1.10 bits per heavy atom. The Morgan fingerprint density at radius 3 is 1.45 bits per heavy atom. The van der Waals surface area contributed by atoms with E-state index in [-0.39, 0.29) is 0 Å². The molecule has 20 heavy (non-hydrogen) atoms. The third-order valence-electron chi connectivity index (χ3n) is 4.69. The van der Waals surface area contributed by atoms with E-state index in [1.165, 1.54) is 44.1 Å². The summed E-state index contributed by atoms with van der Waals surface area (Å²) in [5.74, 6) is 0. The normalized spacial score (nSPS) is 11.9. The van der Waals surface area contributed by atoms with Crippen LogP contribution < -0.4 is 0 Å². The van der Waals surface area contributed by atoms with Gasteiger partial charge in [0, 0.05) is 16.8 Å². The molecule has 0 radical (unpaired) electrons. The highest BCUT2D eigenvalue weighted by Crippen LogP contribution is 2.37. The molecule has 0 amide bonds. The smallest absolute Gasteiger partial charge is 0.0526 e. The first kappa shape index (κ1) is 13.2. The Kier molecular flexibility index (Phi) is 2.89. The summed E-state index contributed by atoms with van der Waals surface area (Å²) in [6.45, 7) is 13.5. The fourth-order valence-corrected chi connectivity index (χ4v) is 3.29. The van der Waals surface area contributed by atoms with E-state index < -0.39 is 0 Å². The topological polar surface area (TPSA) is 4.93 Å². The molecule has 0 unspecified atom stereocenters. The molecule has 0 aliphatic rings. The average molecular weight is 265 g/mol. The first-order valence-electron chi connectivity index (χ1n) is 7.43. The summed E-state index contributed by atoms with van der Waals surface area (Å²) >= 11 is 0. The predicted octanol–water partition coefficient (Wildman–Crippen LogP) is 5.61. The van der Waals surface area contributed by atoms with Crippen molar-refractivity contribution in [3.8, 4) is 0 Å². The minimum Gasteiger partial charge on any atom is -0.337 e. The molecule has 1 aromatic heterocycles. The summed E-state index contributed by atoms with van der Waals surface area (Å²) in [6.07, 6.45) is 0. The number of aryl methyl sites for hydroxylation is 4. The van der Waals surface area contributed by atoms with Crippen LogP contribution in [0, 0.1) is 27.7 Å². The Bertz CT molecular complexity index is 754. The van der Waals surface area contributed by atoms with Crippen molar-refractivity contribution in [1.82, 2.24) is 4.57 Å². The lowest BCUT2D eigenvalue weighted by atomic mass is 10.0. The molecule has 0 bridgehead atoms.